The zero-order chi connectivity index (χ0) is 23.2. The quantitative estimate of drug-likeness (QED) is 0.712. The number of anilines is 2. The number of carbonyl (C=O) groups excluding carboxylic acids is 1. The highest BCUT2D eigenvalue weighted by atomic mass is 35.5. The van der Waals surface area contributed by atoms with Crippen molar-refractivity contribution in [3.8, 4) is 0 Å². The Bertz CT molecular complexity index is 1040. The average Bonchev–Trinajstić information content (AvgIpc) is 3.12. The van der Waals surface area contributed by atoms with Crippen molar-refractivity contribution in [2.24, 2.45) is 5.92 Å². The largest absolute Gasteiger partial charge is 0.381 e. The lowest BCUT2D eigenvalue weighted by atomic mass is 9.81. The smallest absolute Gasteiger partial charge is 0.228 e. The number of amides is 1. The van der Waals surface area contributed by atoms with E-state index in [-0.39, 0.29) is 24.5 Å². The number of hydrogen-bond donors (Lipinski definition) is 1. The number of aromatic nitrogens is 1. The normalized spacial score (nSPS) is 30.4. The summed E-state index contributed by atoms with van der Waals surface area (Å²) in [5, 5.41) is 5.47. The van der Waals surface area contributed by atoms with Crippen molar-refractivity contribution in [1.82, 2.24) is 9.88 Å². The number of fused-ring (bicyclic) bond motifs is 1. The first-order chi connectivity index (χ1) is 15.9. The lowest BCUT2D eigenvalue weighted by molar-refractivity contribution is -0.127. The number of pyridine rings is 1. The first-order valence-electron chi connectivity index (χ1n) is 11.5. The second kappa shape index (κ2) is 8.98. The first kappa shape index (κ1) is 22.8. The summed E-state index contributed by atoms with van der Waals surface area (Å²) in [6.07, 6.45) is 2.44. The molecule has 2 atom stereocenters. The molecule has 2 aliphatic heterocycles. The van der Waals surface area contributed by atoms with E-state index in [0.717, 1.165) is 55.5 Å². The summed E-state index contributed by atoms with van der Waals surface area (Å²) in [5.41, 5.74) is 0.390. The summed E-state index contributed by atoms with van der Waals surface area (Å²) in [6.45, 7) is 5.56. The molecule has 9 heteroatoms. The summed E-state index contributed by atoms with van der Waals surface area (Å²) in [5.74, 6) is 0.492. The lowest BCUT2D eigenvalue weighted by Gasteiger charge is -2.44. The van der Waals surface area contributed by atoms with Crippen molar-refractivity contribution in [1.29, 1.82) is 0 Å². The minimum Gasteiger partial charge on any atom is -0.381 e. The number of methoxy groups -OCH3 is 1. The van der Waals surface area contributed by atoms with Crippen LogP contribution in [0.4, 0.5) is 15.9 Å². The third-order valence-corrected chi connectivity index (χ3v) is 7.82. The summed E-state index contributed by atoms with van der Waals surface area (Å²) < 4.78 is 25.1. The molecule has 0 radical (unpaired) electrons. The summed E-state index contributed by atoms with van der Waals surface area (Å²) >= 11 is 6.63. The average molecular weight is 477 g/mol. The van der Waals surface area contributed by atoms with Crippen LogP contribution in [0.3, 0.4) is 0 Å². The molecule has 0 unspecified atom stereocenters. The van der Waals surface area contributed by atoms with Gasteiger partial charge in [0.15, 0.2) is 0 Å². The van der Waals surface area contributed by atoms with Gasteiger partial charge in [-0.3, -0.25) is 9.69 Å². The monoisotopic (exact) mass is 476 g/mol. The van der Waals surface area contributed by atoms with Gasteiger partial charge in [-0.1, -0.05) is 11.6 Å². The predicted molar refractivity (Wildman–Crippen MR) is 127 cm³/mol. The lowest BCUT2D eigenvalue weighted by Crippen LogP contribution is -2.59. The number of nitrogens with one attached hydrogen (secondary N) is 1. The third-order valence-electron chi connectivity index (χ3n) is 7.51. The van der Waals surface area contributed by atoms with Crippen LogP contribution in [0, 0.1) is 5.92 Å². The number of ether oxygens (including phenoxy) is 2. The highest BCUT2D eigenvalue weighted by Crippen LogP contribution is 2.35. The number of hydrogen-bond acceptors (Lipinski definition) is 6. The van der Waals surface area contributed by atoms with Gasteiger partial charge < -0.3 is 19.7 Å². The molecule has 1 saturated carbocycles. The van der Waals surface area contributed by atoms with Crippen LogP contribution < -0.4 is 10.2 Å². The maximum absolute atomic E-state index is 14.4. The van der Waals surface area contributed by atoms with Crippen molar-refractivity contribution in [3.05, 3.63) is 29.4 Å². The Hall–Kier alpha value is -2.00. The highest BCUT2D eigenvalue weighted by Gasteiger charge is 2.46. The van der Waals surface area contributed by atoms with E-state index >= 15 is 0 Å². The zero-order valence-electron chi connectivity index (χ0n) is 19.0. The second-order valence-corrected chi connectivity index (χ2v) is 9.96. The molecule has 1 aromatic carbocycles. The summed E-state index contributed by atoms with van der Waals surface area (Å²) in [7, 11) is 1.67. The maximum atomic E-state index is 14.4. The number of piperazine rings is 1. The van der Waals surface area contributed by atoms with Crippen molar-refractivity contribution < 1.29 is 18.7 Å². The molecule has 178 valence electrons. The molecule has 1 N–H and O–H groups in total. The Morgan fingerprint density at radius 3 is 2.67 bits per heavy atom. The van der Waals surface area contributed by atoms with Gasteiger partial charge in [0, 0.05) is 50.8 Å². The van der Waals surface area contributed by atoms with E-state index < -0.39 is 11.7 Å². The van der Waals surface area contributed by atoms with Gasteiger partial charge >= 0.3 is 0 Å². The number of benzene rings is 1. The third kappa shape index (κ3) is 4.30. The molecule has 2 aromatic rings. The van der Waals surface area contributed by atoms with Gasteiger partial charge in [0.25, 0.3) is 0 Å². The van der Waals surface area contributed by atoms with E-state index in [2.05, 4.69) is 20.1 Å². The maximum Gasteiger partial charge on any atom is 0.228 e. The van der Waals surface area contributed by atoms with Gasteiger partial charge in [-0.2, -0.15) is 0 Å². The Morgan fingerprint density at radius 1 is 1.24 bits per heavy atom. The Balaban J connectivity index is 1.29. The minimum absolute atomic E-state index is 0.0176. The molecule has 0 bridgehead atoms. The number of rotatable bonds is 5. The van der Waals surface area contributed by atoms with Gasteiger partial charge in [-0.05, 0) is 43.4 Å². The van der Waals surface area contributed by atoms with Gasteiger partial charge in [0.1, 0.15) is 12.0 Å². The predicted octanol–water partition coefficient (Wildman–Crippen LogP) is 3.50. The van der Waals surface area contributed by atoms with Gasteiger partial charge in [-0.25, -0.2) is 9.37 Å². The molecule has 1 aliphatic carbocycles. The van der Waals surface area contributed by atoms with Crippen molar-refractivity contribution >= 4 is 39.8 Å². The van der Waals surface area contributed by atoms with Crippen LogP contribution in [0.5, 0.6) is 0 Å². The standard InChI is InChI=1S/C24H30ClFN4O3/c1-24(14-33-13-21(24)26)30-5-3-29(4-6-30)20-10-15-11-22(27-12-17(15)9-19(20)25)28-23(31)16-7-18(8-16)32-2/h9-12,16,18,21H,3-8,13-14H2,1-2H3,(H,27,28,31)/t16?,18?,21-,24+/m0/s1. The van der Waals surface area contributed by atoms with Gasteiger partial charge in [-0.15, -0.1) is 0 Å². The van der Waals surface area contributed by atoms with Crippen molar-refractivity contribution in [2.75, 3.05) is 56.7 Å². The van der Waals surface area contributed by atoms with Crippen molar-refractivity contribution in [3.63, 3.8) is 0 Å². The number of alkyl halides is 1. The van der Waals surface area contributed by atoms with E-state index in [4.69, 9.17) is 21.1 Å². The Morgan fingerprint density at radius 2 is 2.00 bits per heavy atom. The van der Waals surface area contributed by atoms with Gasteiger partial charge in [0.2, 0.25) is 5.91 Å². The van der Waals surface area contributed by atoms with Crippen LogP contribution in [0.25, 0.3) is 10.8 Å². The highest BCUT2D eigenvalue weighted by molar-refractivity contribution is 6.34. The molecule has 2 saturated heterocycles. The molecular formula is C24H30ClFN4O3. The fraction of sp³-hybridized carbons (Fsp3) is 0.583. The Kier molecular flexibility index (Phi) is 6.20. The van der Waals surface area contributed by atoms with E-state index in [1.165, 1.54) is 0 Å². The second-order valence-electron chi connectivity index (χ2n) is 9.55. The zero-order valence-corrected chi connectivity index (χ0v) is 19.8. The molecule has 33 heavy (non-hydrogen) atoms. The summed E-state index contributed by atoms with van der Waals surface area (Å²) in [4.78, 5) is 21.3. The first-order valence-corrected chi connectivity index (χ1v) is 11.9. The molecule has 1 aromatic heterocycles. The van der Waals surface area contributed by atoms with Crippen LogP contribution in [-0.2, 0) is 14.3 Å². The van der Waals surface area contributed by atoms with E-state index in [1.807, 2.05) is 25.1 Å². The SMILES string of the molecule is COC1CC(C(=O)Nc2cc3cc(N4CCN([C@]5(C)COC[C@@H]5F)CC4)c(Cl)cc3cn2)C1. The fourth-order valence-electron chi connectivity index (χ4n) is 5.05. The van der Waals surface area contributed by atoms with Crippen LogP contribution in [0.15, 0.2) is 24.4 Å². The topological polar surface area (TPSA) is 66.9 Å². The summed E-state index contributed by atoms with van der Waals surface area (Å²) in [6, 6.07) is 5.85. The van der Waals surface area contributed by atoms with E-state index in [0.29, 0.717) is 17.4 Å². The molecule has 3 heterocycles. The van der Waals surface area contributed by atoms with E-state index in [9.17, 15) is 9.18 Å². The number of carbonyl (C=O) groups is 1. The van der Waals surface area contributed by atoms with E-state index in [1.54, 1.807) is 13.3 Å². The van der Waals surface area contributed by atoms with Gasteiger partial charge in [0.05, 0.1) is 35.6 Å². The van der Waals surface area contributed by atoms with Crippen LogP contribution in [0.1, 0.15) is 19.8 Å². The minimum atomic E-state index is -0.963. The molecule has 3 aliphatic rings. The molecule has 1 amide bonds. The van der Waals surface area contributed by atoms with Crippen LogP contribution in [-0.4, -0.2) is 80.1 Å². The number of nitrogens with zero attached hydrogens (tertiary/aromatic N) is 3. The van der Waals surface area contributed by atoms with Crippen LogP contribution >= 0.6 is 11.6 Å². The number of halogens is 2. The molecule has 7 nitrogen and oxygen atoms in total. The molecule has 5 rings (SSSR count). The Labute approximate surface area is 198 Å². The molecular weight excluding hydrogens is 447 g/mol. The van der Waals surface area contributed by atoms with Crippen molar-refractivity contribution in [2.45, 2.75) is 37.6 Å². The molecule has 3 fully saturated rings. The van der Waals surface area contributed by atoms with Crippen LogP contribution in [0.2, 0.25) is 5.02 Å². The fourth-order valence-corrected chi connectivity index (χ4v) is 5.34. The molecule has 0 spiro atoms.